The topological polar surface area (TPSA) is 20.3 Å². The third kappa shape index (κ3) is 3.07. The van der Waals surface area contributed by atoms with E-state index in [4.69, 9.17) is 11.6 Å². The molecule has 0 aliphatic carbocycles. The van der Waals surface area contributed by atoms with E-state index >= 15 is 0 Å². The van der Waals surface area contributed by atoms with Gasteiger partial charge in [-0.3, -0.25) is 9.69 Å². The first-order chi connectivity index (χ1) is 9.62. The summed E-state index contributed by atoms with van der Waals surface area (Å²) in [6, 6.07) is 7.64. The summed E-state index contributed by atoms with van der Waals surface area (Å²) in [7, 11) is 0. The largest absolute Gasteiger partial charge is 0.297 e. The van der Waals surface area contributed by atoms with Crippen molar-refractivity contribution in [3.05, 3.63) is 34.9 Å². The molecule has 0 radical (unpaired) electrons. The van der Waals surface area contributed by atoms with Crippen LogP contribution in [-0.2, 0) is 11.2 Å². The summed E-state index contributed by atoms with van der Waals surface area (Å²) in [5.41, 5.74) is 0.792. The van der Waals surface area contributed by atoms with Gasteiger partial charge in [-0.2, -0.15) is 0 Å². The van der Waals surface area contributed by atoms with Gasteiger partial charge in [0.05, 0.1) is 5.54 Å². The number of halogens is 1. The smallest absolute Gasteiger partial charge is 0.157 e. The Bertz CT molecular complexity index is 445. The zero-order valence-corrected chi connectivity index (χ0v) is 13.2. The van der Waals surface area contributed by atoms with Crippen molar-refractivity contribution in [1.82, 2.24) is 4.90 Å². The molecule has 0 N–H and O–H groups in total. The molecule has 1 aliphatic rings. The number of carbonyl (C=O) groups excluding carboxylic acids is 1. The van der Waals surface area contributed by atoms with E-state index < -0.39 is 0 Å². The number of carbonyl (C=O) groups is 1. The minimum absolute atomic E-state index is 0.268. The highest BCUT2D eigenvalue weighted by atomic mass is 35.5. The maximum atomic E-state index is 12.9. The first kappa shape index (κ1) is 15.5. The predicted octanol–water partition coefficient (Wildman–Crippen LogP) is 4.11. The van der Waals surface area contributed by atoms with Gasteiger partial charge in [-0.25, -0.2) is 0 Å². The zero-order valence-electron chi connectivity index (χ0n) is 12.5. The van der Waals surface area contributed by atoms with E-state index in [-0.39, 0.29) is 5.54 Å². The molecule has 1 saturated heterocycles. The van der Waals surface area contributed by atoms with E-state index in [1.165, 1.54) is 12.8 Å². The van der Waals surface area contributed by atoms with E-state index in [1.54, 1.807) is 0 Å². The van der Waals surface area contributed by atoms with Gasteiger partial charge >= 0.3 is 0 Å². The van der Waals surface area contributed by atoms with Gasteiger partial charge in [0, 0.05) is 11.4 Å². The lowest BCUT2D eigenvalue weighted by molar-refractivity contribution is -0.130. The lowest BCUT2D eigenvalue weighted by Crippen LogP contribution is -2.53. The molecule has 2 nitrogen and oxygen atoms in total. The highest BCUT2D eigenvalue weighted by Crippen LogP contribution is 2.30. The molecule has 0 atom stereocenters. The number of benzene rings is 1. The van der Waals surface area contributed by atoms with Crippen LogP contribution in [0.3, 0.4) is 0 Å². The second-order valence-electron chi connectivity index (χ2n) is 5.66. The average Bonchev–Trinajstić information content (AvgIpc) is 2.98. The van der Waals surface area contributed by atoms with Crippen LogP contribution in [0, 0.1) is 0 Å². The number of nitrogens with zero attached hydrogens (tertiary/aromatic N) is 1. The van der Waals surface area contributed by atoms with Crippen LogP contribution in [0.15, 0.2) is 24.3 Å². The van der Waals surface area contributed by atoms with Crippen LogP contribution >= 0.6 is 11.6 Å². The SMILES string of the molecule is CCC(CC)(C(=O)Cc1ccc(Cl)cc1)N1CCCC1. The average molecular weight is 294 g/mol. The highest BCUT2D eigenvalue weighted by molar-refractivity contribution is 6.30. The Kier molecular flexibility index (Phi) is 5.22. The molecule has 0 spiro atoms. The molecule has 0 bridgehead atoms. The van der Waals surface area contributed by atoms with E-state index in [0.717, 1.165) is 36.5 Å². The van der Waals surface area contributed by atoms with Crippen LogP contribution in [0.5, 0.6) is 0 Å². The van der Waals surface area contributed by atoms with E-state index in [1.807, 2.05) is 24.3 Å². The van der Waals surface area contributed by atoms with Crippen molar-refractivity contribution >= 4 is 17.4 Å². The second kappa shape index (κ2) is 6.73. The van der Waals surface area contributed by atoms with Gasteiger partial charge in [-0.1, -0.05) is 37.6 Å². The molecule has 2 rings (SSSR count). The summed E-state index contributed by atoms with van der Waals surface area (Å²) in [5, 5.41) is 0.720. The fraction of sp³-hybridized carbons (Fsp3) is 0.588. The first-order valence-corrected chi connectivity index (χ1v) is 8.03. The van der Waals surface area contributed by atoms with Crippen molar-refractivity contribution in [2.24, 2.45) is 0 Å². The molecule has 110 valence electrons. The number of hydrogen-bond donors (Lipinski definition) is 0. The number of likely N-dealkylation sites (tertiary alicyclic amines) is 1. The van der Waals surface area contributed by atoms with Crippen molar-refractivity contribution in [3.8, 4) is 0 Å². The van der Waals surface area contributed by atoms with Crippen molar-refractivity contribution in [2.45, 2.75) is 51.5 Å². The molecule has 20 heavy (non-hydrogen) atoms. The monoisotopic (exact) mass is 293 g/mol. The van der Waals surface area contributed by atoms with Crippen LogP contribution in [0.1, 0.15) is 45.1 Å². The Labute approximate surface area is 127 Å². The van der Waals surface area contributed by atoms with Crippen molar-refractivity contribution < 1.29 is 4.79 Å². The summed E-state index contributed by atoms with van der Waals surface area (Å²) >= 11 is 5.90. The maximum absolute atomic E-state index is 12.9. The van der Waals surface area contributed by atoms with E-state index in [0.29, 0.717) is 12.2 Å². The molecular formula is C17H24ClNO. The Morgan fingerprint density at radius 3 is 2.20 bits per heavy atom. The molecule has 1 aliphatic heterocycles. The molecule has 0 saturated carbocycles. The lowest BCUT2D eigenvalue weighted by Gasteiger charge is -2.39. The second-order valence-corrected chi connectivity index (χ2v) is 6.10. The van der Waals surface area contributed by atoms with Crippen LogP contribution in [-0.4, -0.2) is 29.3 Å². The predicted molar refractivity (Wildman–Crippen MR) is 84.3 cm³/mol. The molecule has 1 aromatic rings. The first-order valence-electron chi connectivity index (χ1n) is 7.65. The summed E-state index contributed by atoms with van der Waals surface area (Å²) < 4.78 is 0. The minimum atomic E-state index is -0.268. The van der Waals surface area contributed by atoms with Crippen molar-refractivity contribution in [3.63, 3.8) is 0 Å². The minimum Gasteiger partial charge on any atom is -0.297 e. The molecule has 0 amide bonds. The Balaban J connectivity index is 2.16. The van der Waals surface area contributed by atoms with Crippen molar-refractivity contribution in [1.29, 1.82) is 0 Å². The van der Waals surface area contributed by atoms with Crippen LogP contribution in [0.4, 0.5) is 0 Å². The summed E-state index contributed by atoms with van der Waals surface area (Å²) in [5.74, 6) is 0.353. The molecule has 0 aromatic heterocycles. The van der Waals surface area contributed by atoms with Crippen LogP contribution in [0.25, 0.3) is 0 Å². The molecule has 3 heteroatoms. The maximum Gasteiger partial charge on any atom is 0.157 e. The highest BCUT2D eigenvalue weighted by Gasteiger charge is 2.41. The van der Waals surface area contributed by atoms with E-state index in [9.17, 15) is 4.79 Å². The molecule has 1 heterocycles. The van der Waals surface area contributed by atoms with Gasteiger partial charge in [0.25, 0.3) is 0 Å². The standard InChI is InChI=1S/C17H24ClNO/c1-3-17(4-2,19-11-5-6-12-19)16(20)13-14-7-9-15(18)10-8-14/h7-10H,3-6,11-13H2,1-2H3. The molecule has 0 unspecified atom stereocenters. The van der Waals surface area contributed by atoms with Gasteiger partial charge in [0.1, 0.15) is 0 Å². The third-order valence-corrected chi connectivity index (χ3v) is 4.93. The van der Waals surface area contributed by atoms with Crippen molar-refractivity contribution in [2.75, 3.05) is 13.1 Å². The number of Topliss-reactive ketones (excluding diaryl/α,β-unsaturated/α-hetero) is 1. The normalized spacial score (nSPS) is 16.6. The van der Waals surface area contributed by atoms with Gasteiger partial charge < -0.3 is 0 Å². The number of hydrogen-bond acceptors (Lipinski definition) is 2. The third-order valence-electron chi connectivity index (χ3n) is 4.68. The number of rotatable bonds is 6. The van der Waals surface area contributed by atoms with Gasteiger partial charge in [0.15, 0.2) is 5.78 Å². The summed E-state index contributed by atoms with van der Waals surface area (Å²) in [4.78, 5) is 15.3. The Hall–Kier alpha value is -0.860. The van der Waals surface area contributed by atoms with Gasteiger partial charge in [0.2, 0.25) is 0 Å². The lowest BCUT2D eigenvalue weighted by atomic mass is 9.83. The van der Waals surface area contributed by atoms with Crippen LogP contribution < -0.4 is 0 Å². The Morgan fingerprint density at radius 1 is 1.15 bits per heavy atom. The summed E-state index contributed by atoms with van der Waals surface area (Å²) in [6.07, 6.45) is 4.74. The van der Waals surface area contributed by atoms with Gasteiger partial charge in [-0.05, 0) is 56.5 Å². The van der Waals surface area contributed by atoms with Gasteiger partial charge in [-0.15, -0.1) is 0 Å². The molecular weight excluding hydrogens is 270 g/mol. The fourth-order valence-electron chi connectivity index (χ4n) is 3.37. The molecule has 1 aromatic carbocycles. The Morgan fingerprint density at radius 2 is 1.70 bits per heavy atom. The quantitative estimate of drug-likeness (QED) is 0.787. The number of ketones is 1. The fourth-order valence-corrected chi connectivity index (χ4v) is 3.49. The molecule has 1 fully saturated rings. The van der Waals surface area contributed by atoms with E-state index in [2.05, 4.69) is 18.7 Å². The summed E-state index contributed by atoms with van der Waals surface area (Å²) in [6.45, 7) is 6.41. The zero-order chi connectivity index (χ0) is 14.6. The van der Waals surface area contributed by atoms with Crippen LogP contribution in [0.2, 0.25) is 5.02 Å².